The molecule has 0 radical (unpaired) electrons. The van der Waals surface area contributed by atoms with Crippen molar-refractivity contribution in [3.8, 4) is 0 Å². The lowest BCUT2D eigenvalue weighted by atomic mass is 9.72. The molecule has 5 atom stereocenters. The van der Waals surface area contributed by atoms with Crippen molar-refractivity contribution in [2.75, 3.05) is 0 Å². The van der Waals surface area contributed by atoms with E-state index in [9.17, 15) is 0 Å². The molecular formula is C11H16. The Morgan fingerprint density at radius 1 is 1.18 bits per heavy atom. The highest BCUT2D eigenvalue weighted by Crippen LogP contribution is 2.85. The number of fused-ring (bicyclic) bond motifs is 1. The topological polar surface area (TPSA) is 0 Å². The Labute approximate surface area is 68.4 Å². The molecular weight excluding hydrogens is 132 g/mol. The summed E-state index contributed by atoms with van der Waals surface area (Å²) in [7, 11) is 0. The van der Waals surface area contributed by atoms with Crippen molar-refractivity contribution in [1.82, 2.24) is 0 Å². The van der Waals surface area contributed by atoms with Crippen LogP contribution in [0.5, 0.6) is 0 Å². The molecule has 0 heteroatoms. The summed E-state index contributed by atoms with van der Waals surface area (Å²) in [4.78, 5) is 0. The normalized spacial score (nSPS) is 70.6. The summed E-state index contributed by atoms with van der Waals surface area (Å²) < 4.78 is 0. The van der Waals surface area contributed by atoms with Gasteiger partial charge in [0.2, 0.25) is 0 Å². The third-order valence-corrected chi connectivity index (χ3v) is 5.51. The van der Waals surface area contributed by atoms with Crippen molar-refractivity contribution in [3.05, 3.63) is 0 Å². The average Bonchev–Trinajstić information content (AvgIpc) is 2.89. The second-order valence-electron chi connectivity index (χ2n) is 5.67. The van der Waals surface area contributed by atoms with E-state index in [-0.39, 0.29) is 0 Å². The van der Waals surface area contributed by atoms with Gasteiger partial charge in [-0.15, -0.1) is 0 Å². The summed E-state index contributed by atoms with van der Waals surface area (Å²) >= 11 is 0. The molecule has 0 nitrogen and oxygen atoms in total. The van der Waals surface area contributed by atoms with Gasteiger partial charge in [0.05, 0.1) is 0 Å². The van der Waals surface area contributed by atoms with Crippen LogP contribution in [0.1, 0.15) is 32.6 Å². The minimum absolute atomic E-state index is 0.910. The van der Waals surface area contributed by atoms with Gasteiger partial charge >= 0.3 is 0 Å². The van der Waals surface area contributed by atoms with Crippen LogP contribution < -0.4 is 0 Å². The second-order valence-corrected chi connectivity index (χ2v) is 5.67. The lowest BCUT2D eigenvalue weighted by molar-refractivity contribution is 0.158. The highest BCUT2D eigenvalue weighted by molar-refractivity contribution is 5.27. The fourth-order valence-electron chi connectivity index (χ4n) is 4.63. The van der Waals surface area contributed by atoms with Gasteiger partial charge in [-0.25, -0.2) is 0 Å². The summed E-state index contributed by atoms with van der Waals surface area (Å²) in [6.45, 7) is 2.57. The molecule has 60 valence electrons. The first-order chi connectivity index (χ1) is 5.32. The molecule has 0 saturated heterocycles. The van der Waals surface area contributed by atoms with E-state index in [1.807, 2.05) is 0 Å². The van der Waals surface area contributed by atoms with E-state index in [0.717, 1.165) is 5.41 Å². The predicted octanol–water partition coefficient (Wildman–Crippen LogP) is 2.69. The van der Waals surface area contributed by atoms with Crippen LogP contribution in [0, 0.1) is 35.0 Å². The van der Waals surface area contributed by atoms with Crippen LogP contribution in [-0.4, -0.2) is 0 Å². The minimum Gasteiger partial charge on any atom is -0.0588 e. The molecule has 0 N–H and O–H groups in total. The van der Waals surface area contributed by atoms with Gasteiger partial charge in [-0.2, -0.15) is 0 Å². The van der Waals surface area contributed by atoms with Crippen LogP contribution in [0.25, 0.3) is 0 Å². The summed E-state index contributed by atoms with van der Waals surface area (Å²) in [6.07, 6.45) is 6.40. The number of hydrogen-bond donors (Lipinski definition) is 0. The molecule has 4 fully saturated rings. The molecule has 0 heterocycles. The second kappa shape index (κ2) is 1.30. The van der Waals surface area contributed by atoms with Gasteiger partial charge in [0, 0.05) is 0 Å². The molecule has 0 aromatic heterocycles. The van der Waals surface area contributed by atoms with E-state index >= 15 is 0 Å². The molecule has 0 bridgehead atoms. The van der Waals surface area contributed by atoms with Crippen molar-refractivity contribution in [1.29, 1.82) is 0 Å². The highest BCUT2D eigenvalue weighted by Gasteiger charge is 2.79. The van der Waals surface area contributed by atoms with Crippen molar-refractivity contribution < 1.29 is 0 Å². The number of hydrogen-bond acceptors (Lipinski definition) is 0. The molecule has 4 aliphatic rings. The Morgan fingerprint density at radius 3 is 2.45 bits per heavy atom. The Hall–Kier alpha value is 0. The Morgan fingerprint density at radius 2 is 2.00 bits per heavy atom. The van der Waals surface area contributed by atoms with Crippen molar-refractivity contribution >= 4 is 0 Å². The Bertz CT molecular complexity index is 228. The van der Waals surface area contributed by atoms with Crippen LogP contribution in [0.2, 0.25) is 0 Å². The zero-order chi connectivity index (χ0) is 7.22. The molecule has 0 spiro atoms. The molecule has 11 heavy (non-hydrogen) atoms. The van der Waals surface area contributed by atoms with E-state index in [4.69, 9.17) is 0 Å². The predicted molar refractivity (Wildman–Crippen MR) is 44.0 cm³/mol. The van der Waals surface area contributed by atoms with Crippen LogP contribution in [-0.2, 0) is 0 Å². The summed E-state index contributed by atoms with van der Waals surface area (Å²) in [5, 5.41) is 0. The molecule has 0 aliphatic heterocycles. The molecule has 0 amide bonds. The van der Waals surface area contributed by atoms with Crippen molar-refractivity contribution in [3.63, 3.8) is 0 Å². The molecule has 4 aliphatic carbocycles. The van der Waals surface area contributed by atoms with Crippen molar-refractivity contribution in [2.24, 2.45) is 35.0 Å². The van der Waals surface area contributed by atoms with E-state index < -0.39 is 0 Å². The summed E-state index contributed by atoms with van der Waals surface area (Å²) in [5.74, 6) is 6.04. The average molecular weight is 148 g/mol. The minimum atomic E-state index is 0.910. The van der Waals surface area contributed by atoms with E-state index in [1.54, 1.807) is 25.7 Å². The SMILES string of the molecule is CC12C3CC(C4CC4)C1C2C3. The van der Waals surface area contributed by atoms with Gasteiger partial charge < -0.3 is 0 Å². The van der Waals surface area contributed by atoms with Gasteiger partial charge in [-0.3, -0.25) is 0 Å². The van der Waals surface area contributed by atoms with Gasteiger partial charge in [0.1, 0.15) is 0 Å². The standard InChI is InChI=1S/C11H16/c1-11-7-4-8(6-2-3-6)10(11)9(11)5-7/h6-10H,2-5H2,1H3. The maximum Gasteiger partial charge on any atom is -0.0232 e. The fraction of sp³-hybridized carbons (Fsp3) is 1.00. The van der Waals surface area contributed by atoms with E-state index in [2.05, 4.69) is 6.92 Å². The van der Waals surface area contributed by atoms with E-state index in [1.165, 1.54) is 29.6 Å². The van der Waals surface area contributed by atoms with Crippen LogP contribution in [0.4, 0.5) is 0 Å². The maximum atomic E-state index is 2.57. The Kier molecular flexibility index (Phi) is 0.661. The zero-order valence-electron chi connectivity index (χ0n) is 7.22. The van der Waals surface area contributed by atoms with Gasteiger partial charge in [0.15, 0.2) is 0 Å². The van der Waals surface area contributed by atoms with E-state index in [0.29, 0.717) is 0 Å². The van der Waals surface area contributed by atoms with Crippen molar-refractivity contribution in [2.45, 2.75) is 32.6 Å². The smallest absolute Gasteiger partial charge is 0.0232 e. The lowest BCUT2D eigenvalue weighted by Gasteiger charge is -2.33. The zero-order valence-corrected chi connectivity index (χ0v) is 7.22. The molecule has 0 aromatic rings. The van der Waals surface area contributed by atoms with Gasteiger partial charge in [0.25, 0.3) is 0 Å². The number of rotatable bonds is 1. The quantitative estimate of drug-likeness (QED) is 0.536. The van der Waals surface area contributed by atoms with Crippen LogP contribution >= 0.6 is 0 Å². The first-order valence-corrected chi connectivity index (χ1v) is 5.32. The summed E-state index contributed by atoms with van der Waals surface area (Å²) in [6, 6.07) is 0. The lowest BCUT2D eigenvalue weighted by Crippen LogP contribution is -2.25. The molecule has 0 aromatic carbocycles. The molecule has 4 rings (SSSR count). The third-order valence-electron chi connectivity index (χ3n) is 5.51. The van der Waals surface area contributed by atoms with Crippen LogP contribution in [0.3, 0.4) is 0 Å². The highest BCUT2D eigenvalue weighted by atomic mass is 14.8. The monoisotopic (exact) mass is 148 g/mol. The third kappa shape index (κ3) is 0.421. The first kappa shape index (κ1) is 5.61. The van der Waals surface area contributed by atoms with Crippen LogP contribution in [0.15, 0.2) is 0 Å². The Balaban J connectivity index is 1.70. The molecule has 4 saturated carbocycles. The fourth-order valence-corrected chi connectivity index (χ4v) is 4.63. The summed E-state index contributed by atoms with van der Waals surface area (Å²) in [5.41, 5.74) is 0.910. The first-order valence-electron chi connectivity index (χ1n) is 5.32. The van der Waals surface area contributed by atoms with Gasteiger partial charge in [-0.1, -0.05) is 6.92 Å². The largest absolute Gasteiger partial charge is 0.0588 e. The van der Waals surface area contributed by atoms with Gasteiger partial charge in [-0.05, 0) is 60.7 Å². The maximum absolute atomic E-state index is 2.57. The molecule has 5 unspecified atom stereocenters.